The fourth-order valence-corrected chi connectivity index (χ4v) is 4.08. The summed E-state index contributed by atoms with van der Waals surface area (Å²) in [4.78, 5) is 0. The molecule has 0 amide bonds. The summed E-state index contributed by atoms with van der Waals surface area (Å²) in [6.45, 7) is 0. The van der Waals surface area contributed by atoms with Crippen LogP contribution in [0.3, 0.4) is 0 Å². The minimum atomic E-state index is -0.484. The first-order chi connectivity index (χ1) is 9.24. The summed E-state index contributed by atoms with van der Waals surface area (Å²) in [6, 6.07) is 16.2. The maximum absolute atomic E-state index is 5.86. The van der Waals surface area contributed by atoms with Crippen molar-refractivity contribution in [3.63, 3.8) is 0 Å². The summed E-state index contributed by atoms with van der Waals surface area (Å²) >= 11 is 11.2. The summed E-state index contributed by atoms with van der Waals surface area (Å²) in [6.07, 6.45) is 2.11. The van der Waals surface area contributed by atoms with Crippen LogP contribution in [0.4, 0.5) is 0 Å². The molecule has 2 aromatic rings. The van der Waals surface area contributed by atoms with E-state index in [4.69, 9.17) is 23.2 Å². The van der Waals surface area contributed by atoms with Crippen LogP contribution in [0.15, 0.2) is 48.5 Å². The SMILES string of the molecule is Clc1ccc(C[CH]=[Zr]=[CH]Cc2ccc(Cl)cc2)cc1. The van der Waals surface area contributed by atoms with Gasteiger partial charge in [-0.15, -0.1) is 0 Å². The summed E-state index contributed by atoms with van der Waals surface area (Å²) in [5, 5.41) is 1.61. The second-order valence-electron chi connectivity index (χ2n) is 4.24. The summed E-state index contributed by atoms with van der Waals surface area (Å²) in [5.41, 5.74) is 2.68. The van der Waals surface area contributed by atoms with Crippen LogP contribution in [-0.4, -0.2) is 7.42 Å². The van der Waals surface area contributed by atoms with Gasteiger partial charge in [0.15, 0.2) is 0 Å². The van der Waals surface area contributed by atoms with Gasteiger partial charge in [-0.2, -0.15) is 0 Å². The molecule has 2 aromatic carbocycles. The third-order valence-corrected chi connectivity index (χ3v) is 5.40. The van der Waals surface area contributed by atoms with Crippen molar-refractivity contribution in [1.82, 2.24) is 0 Å². The van der Waals surface area contributed by atoms with Gasteiger partial charge in [0, 0.05) is 0 Å². The standard InChI is InChI=1S/2C8H7Cl.Zr/c2*1-2-7-3-5-8(9)6-4-7;/h2*1,3-6H,2H2;. The van der Waals surface area contributed by atoms with Crippen molar-refractivity contribution < 1.29 is 22.3 Å². The van der Waals surface area contributed by atoms with Gasteiger partial charge in [0.1, 0.15) is 0 Å². The third-order valence-electron chi connectivity index (χ3n) is 2.74. The van der Waals surface area contributed by atoms with E-state index in [9.17, 15) is 0 Å². The Morgan fingerprint density at radius 2 is 1.05 bits per heavy atom. The van der Waals surface area contributed by atoms with Gasteiger partial charge in [0.05, 0.1) is 0 Å². The molecule has 0 aliphatic carbocycles. The normalized spacial score (nSPS) is 9.79. The Kier molecular flexibility index (Phi) is 6.37. The first-order valence-corrected chi connectivity index (χ1v) is 9.72. The predicted molar refractivity (Wildman–Crippen MR) is 82.4 cm³/mol. The van der Waals surface area contributed by atoms with Gasteiger partial charge in [-0.25, -0.2) is 0 Å². The van der Waals surface area contributed by atoms with E-state index in [0.29, 0.717) is 0 Å². The number of hydrogen-bond donors (Lipinski definition) is 0. The zero-order chi connectivity index (χ0) is 13.5. The molecule has 0 aliphatic rings. The van der Waals surface area contributed by atoms with Crippen molar-refractivity contribution in [2.24, 2.45) is 0 Å². The van der Waals surface area contributed by atoms with E-state index in [0.717, 1.165) is 22.9 Å². The molecule has 0 nitrogen and oxygen atoms in total. The zero-order valence-corrected chi connectivity index (χ0v) is 14.4. The van der Waals surface area contributed by atoms with E-state index in [1.807, 2.05) is 24.3 Å². The molecule has 0 atom stereocenters. The van der Waals surface area contributed by atoms with Gasteiger partial charge in [0.2, 0.25) is 0 Å². The van der Waals surface area contributed by atoms with Crippen molar-refractivity contribution in [2.45, 2.75) is 12.8 Å². The zero-order valence-electron chi connectivity index (χ0n) is 10.4. The van der Waals surface area contributed by atoms with Crippen LogP contribution in [-0.2, 0) is 35.1 Å². The Morgan fingerprint density at radius 3 is 1.42 bits per heavy atom. The Morgan fingerprint density at radius 1 is 0.684 bits per heavy atom. The van der Waals surface area contributed by atoms with E-state index >= 15 is 0 Å². The van der Waals surface area contributed by atoms with E-state index in [1.54, 1.807) is 0 Å². The van der Waals surface area contributed by atoms with Gasteiger partial charge < -0.3 is 0 Å². The number of hydrogen-bond acceptors (Lipinski definition) is 0. The van der Waals surface area contributed by atoms with Crippen LogP contribution >= 0.6 is 23.2 Å². The number of benzene rings is 2. The molecule has 3 heteroatoms. The van der Waals surface area contributed by atoms with Crippen LogP contribution in [0.2, 0.25) is 10.0 Å². The summed E-state index contributed by atoms with van der Waals surface area (Å²) in [5.74, 6) is 0. The van der Waals surface area contributed by atoms with Gasteiger partial charge in [0.25, 0.3) is 0 Å². The van der Waals surface area contributed by atoms with Crippen LogP contribution in [0, 0.1) is 0 Å². The molecule has 0 heterocycles. The fraction of sp³-hybridized carbons (Fsp3) is 0.125. The van der Waals surface area contributed by atoms with E-state index in [2.05, 4.69) is 31.7 Å². The summed E-state index contributed by atoms with van der Waals surface area (Å²) < 4.78 is 4.89. The van der Waals surface area contributed by atoms with Crippen molar-refractivity contribution in [1.29, 1.82) is 0 Å². The van der Waals surface area contributed by atoms with Crippen LogP contribution in [0.5, 0.6) is 0 Å². The Hall–Kier alpha value is -0.357. The molecule has 0 spiro atoms. The van der Waals surface area contributed by atoms with Crippen LogP contribution in [0.25, 0.3) is 0 Å². The number of halogens is 2. The van der Waals surface area contributed by atoms with E-state index < -0.39 is 22.3 Å². The topological polar surface area (TPSA) is 0 Å². The van der Waals surface area contributed by atoms with Crippen molar-refractivity contribution >= 4 is 30.6 Å². The maximum atomic E-state index is 5.86. The molecular formula is C16H14Cl2Zr. The van der Waals surface area contributed by atoms with Gasteiger partial charge in [-0.3, -0.25) is 0 Å². The second-order valence-corrected chi connectivity index (χ2v) is 7.94. The second kappa shape index (κ2) is 8.05. The molecule has 0 bridgehead atoms. The molecule has 96 valence electrons. The Labute approximate surface area is 134 Å². The van der Waals surface area contributed by atoms with E-state index in [1.165, 1.54) is 11.1 Å². The number of rotatable bonds is 4. The Bertz CT molecular complexity index is 528. The van der Waals surface area contributed by atoms with Gasteiger partial charge in [-0.05, 0) is 0 Å². The molecule has 0 saturated carbocycles. The van der Waals surface area contributed by atoms with E-state index in [-0.39, 0.29) is 0 Å². The molecular weight excluding hydrogens is 354 g/mol. The fourth-order valence-electron chi connectivity index (χ4n) is 1.68. The monoisotopic (exact) mass is 366 g/mol. The predicted octanol–water partition coefficient (Wildman–Crippen LogP) is 4.47. The molecule has 0 unspecified atom stereocenters. The van der Waals surface area contributed by atoms with Crippen molar-refractivity contribution in [3.05, 3.63) is 69.7 Å². The van der Waals surface area contributed by atoms with Crippen molar-refractivity contribution in [3.8, 4) is 0 Å². The Balaban J connectivity index is 1.86. The van der Waals surface area contributed by atoms with Gasteiger partial charge >= 0.3 is 135 Å². The van der Waals surface area contributed by atoms with Crippen LogP contribution < -0.4 is 0 Å². The first kappa shape index (κ1) is 15.0. The molecule has 19 heavy (non-hydrogen) atoms. The average Bonchev–Trinajstić information content (AvgIpc) is 2.43. The molecule has 2 rings (SSSR count). The molecule has 0 aliphatic heterocycles. The summed E-state index contributed by atoms with van der Waals surface area (Å²) in [7, 11) is 0. The molecule has 0 N–H and O–H groups in total. The molecule has 0 fully saturated rings. The minimum absolute atomic E-state index is 0.484. The first-order valence-electron chi connectivity index (χ1n) is 6.12. The molecule has 0 radical (unpaired) electrons. The molecule has 0 aromatic heterocycles. The quantitative estimate of drug-likeness (QED) is 0.747. The van der Waals surface area contributed by atoms with Crippen LogP contribution in [0.1, 0.15) is 11.1 Å². The molecule has 0 saturated heterocycles. The van der Waals surface area contributed by atoms with Crippen molar-refractivity contribution in [2.75, 3.05) is 0 Å². The van der Waals surface area contributed by atoms with Gasteiger partial charge in [-0.1, -0.05) is 0 Å². The third kappa shape index (κ3) is 5.65. The average molecular weight is 368 g/mol.